The third kappa shape index (κ3) is 4.72. The standard InChI is InChI=1S/C16H21N3O3S/c1-4-19-14(10-12-6-8-13(21-3)9-7-12)17-18-16(19)23-11-15(20)22-5-2/h6-9H,4-5,10-11H2,1-3H3. The number of carbonyl (C=O) groups is 1. The first-order valence-electron chi connectivity index (χ1n) is 7.51. The highest BCUT2D eigenvalue weighted by Gasteiger charge is 2.14. The molecule has 0 N–H and O–H groups in total. The van der Waals surface area contributed by atoms with Crippen LogP contribution in [0.3, 0.4) is 0 Å². The number of esters is 1. The normalized spacial score (nSPS) is 10.6. The van der Waals surface area contributed by atoms with Gasteiger partial charge in [0.25, 0.3) is 0 Å². The Morgan fingerprint density at radius 2 is 1.96 bits per heavy atom. The molecule has 0 aliphatic rings. The summed E-state index contributed by atoms with van der Waals surface area (Å²) in [5.41, 5.74) is 1.13. The summed E-state index contributed by atoms with van der Waals surface area (Å²) in [6.45, 7) is 4.98. The van der Waals surface area contributed by atoms with Crippen LogP contribution in [0.1, 0.15) is 25.2 Å². The Labute approximate surface area is 140 Å². The number of rotatable bonds is 8. The fourth-order valence-corrected chi connectivity index (χ4v) is 2.95. The van der Waals surface area contributed by atoms with Crippen LogP contribution in [0.2, 0.25) is 0 Å². The predicted octanol–water partition coefficient (Wildman–Crippen LogP) is 2.55. The van der Waals surface area contributed by atoms with Gasteiger partial charge in [-0.1, -0.05) is 23.9 Å². The van der Waals surface area contributed by atoms with Crippen molar-refractivity contribution in [3.8, 4) is 5.75 Å². The van der Waals surface area contributed by atoms with Crippen LogP contribution in [0.25, 0.3) is 0 Å². The smallest absolute Gasteiger partial charge is 0.316 e. The van der Waals surface area contributed by atoms with E-state index in [4.69, 9.17) is 9.47 Å². The van der Waals surface area contributed by atoms with Gasteiger partial charge >= 0.3 is 5.97 Å². The third-order valence-electron chi connectivity index (χ3n) is 3.26. The molecule has 2 aromatic rings. The molecular formula is C16H21N3O3S. The Balaban J connectivity index is 2.06. The molecule has 0 aliphatic carbocycles. The topological polar surface area (TPSA) is 66.2 Å². The summed E-state index contributed by atoms with van der Waals surface area (Å²) in [5.74, 6) is 1.72. The molecule has 0 amide bonds. The first-order chi connectivity index (χ1) is 11.2. The van der Waals surface area contributed by atoms with E-state index in [0.717, 1.165) is 28.8 Å². The highest BCUT2D eigenvalue weighted by Crippen LogP contribution is 2.20. The van der Waals surface area contributed by atoms with E-state index in [-0.39, 0.29) is 11.7 Å². The molecule has 0 saturated heterocycles. The van der Waals surface area contributed by atoms with Crippen molar-refractivity contribution < 1.29 is 14.3 Å². The van der Waals surface area contributed by atoms with Gasteiger partial charge in [-0.15, -0.1) is 10.2 Å². The molecule has 1 aromatic heterocycles. The van der Waals surface area contributed by atoms with Gasteiger partial charge in [0.1, 0.15) is 11.6 Å². The third-order valence-corrected chi connectivity index (χ3v) is 4.20. The van der Waals surface area contributed by atoms with Crippen molar-refractivity contribution in [2.45, 2.75) is 32.0 Å². The van der Waals surface area contributed by atoms with Crippen molar-refractivity contribution in [3.63, 3.8) is 0 Å². The van der Waals surface area contributed by atoms with E-state index in [1.807, 2.05) is 35.8 Å². The van der Waals surface area contributed by atoms with Crippen molar-refractivity contribution in [1.82, 2.24) is 14.8 Å². The lowest BCUT2D eigenvalue weighted by Gasteiger charge is -2.07. The van der Waals surface area contributed by atoms with Crippen LogP contribution in [0.5, 0.6) is 5.75 Å². The molecule has 0 unspecified atom stereocenters. The molecule has 0 saturated carbocycles. The zero-order valence-electron chi connectivity index (χ0n) is 13.6. The van der Waals surface area contributed by atoms with E-state index in [1.54, 1.807) is 14.0 Å². The first kappa shape index (κ1) is 17.3. The molecule has 0 aliphatic heterocycles. The molecule has 0 fully saturated rings. The zero-order valence-corrected chi connectivity index (χ0v) is 14.4. The SMILES string of the molecule is CCOC(=O)CSc1nnc(Cc2ccc(OC)cc2)n1CC. The molecule has 7 heteroatoms. The Kier molecular flexibility index (Phi) is 6.46. The Morgan fingerprint density at radius 1 is 1.22 bits per heavy atom. The average molecular weight is 335 g/mol. The first-order valence-corrected chi connectivity index (χ1v) is 8.49. The molecule has 0 radical (unpaired) electrons. The number of carbonyl (C=O) groups excluding carboxylic acids is 1. The fourth-order valence-electron chi connectivity index (χ4n) is 2.13. The maximum Gasteiger partial charge on any atom is 0.316 e. The maximum atomic E-state index is 11.5. The van der Waals surface area contributed by atoms with E-state index in [1.165, 1.54) is 11.8 Å². The van der Waals surface area contributed by atoms with E-state index in [9.17, 15) is 4.79 Å². The minimum absolute atomic E-state index is 0.236. The van der Waals surface area contributed by atoms with Gasteiger partial charge in [0.05, 0.1) is 19.5 Å². The number of hydrogen-bond acceptors (Lipinski definition) is 6. The maximum absolute atomic E-state index is 11.5. The minimum atomic E-state index is -0.236. The van der Waals surface area contributed by atoms with E-state index in [0.29, 0.717) is 13.0 Å². The van der Waals surface area contributed by atoms with Gasteiger partial charge in [0, 0.05) is 13.0 Å². The van der Waals surface area contributed by atoms with Gasteiger partial charge in [0.15, 0.2) is 5.16 Å². The second-order valence-electron chi connectivity index (χ2n) is 4.76. The molecule has 124 valence electrons. The van der Waals surface area contributed by atoms with Crippen molar-refractivity contribution in [1.29, 1.82) is 0 Å². The summed E-state index contributed by atoms with van der Waals surface area (Å²) < 4.78 is 12.1. The summed E-state index contributed by atoms with van der Waals surface area (Å²) in [7, 11) is 1.65. The molecule has 0 atom stereocenters. The lowest BCUT2D eigenvalue weighted by atomic mass is 10.1. The summed E-state index contributed by atoms with van der Waals surface area (Å²) in [6, 6.07) is 7.88. The van der Waals surface area contributed by atoms with Crippen molar-refractivity contribution in [2.75, 3.05) is 19.5 Å². The van der Waals surface area contributed by atoms with Gasteiger partial charge in [-0.2, -0.15) is 0 Å². The predicted molar refractivity (Wildman–Crippen MR) is 88.9 cm³/mol. The van der Waals surface area contributed by atoms with Gasteiger partial charge in [-0.3, -0.25) is 4.79 Å². The van der Waals surface area contributed by atoms with Crippen LogP contribution in [-0.2, 0) is 22.5 Å². The Hall–Kier alpha value is -2.02. The summed E-state index contributed by atoms with van der Waals surface area (Å²) in [4.78, 5) is 11.5. The van der Waals surface area contributed by atoms with E-state index in [2.05, 4.69) is 10.2 Å². The second-order valence-corrected chi connectivity index (χ2v) is 5.70. The molecular weight excluding hydrogens is 314 g/mol. The molecule has 0 bridgehead atoms. The van der Waals surface area contributed by atoms with Crippen molar-refractivity contribution >= 4 is 17.7 Å². The van der Waals surface area contributed by atoms with Crippen molar-refractivity contribution in [3.05, 3.63) is 35.7 Å². The monoisotopic (exact) mass is 335 g/mol. The average Bonchev–Trinajstić information content (AvgIpc) is 2.95. The number of thioether (sulfide) groups is 1. The number of nitrogens with zero attached hydrogens (tertiary/aromatic N) is 3. The largest absolute Gasteiger partial charge is 0.497 e. The van der Waals surface area contributed by atoms with E-state index >= 15 is 0 Å². The molecule has 6 nitrogen and oxygen atoms in total. The van der Waals surface area contributed by atoms with Gasteiger partial charge in [0.2, 0.25) is 0 Å². The minimum Gasteiger partial charge on any atom is -0.497 e. The summed E-state index contributed by atoms with van der Waals surface area (Å²) in [5, 5.41) is 9.19. The molecule has 2 rings (SSSR count). The molecule has 1 aromatic carbocycles. The number of aromatic nitrogens is 3. The fraction of sp³-hybridized carbons (Fsp3) is 0.438. The number of methoxy groups -OCH3 is 1. The van der Waals surface area contributed by atoms with Crippen LogP contribution >= 0.6 is 11.8 Å². The van der Waals surface area contributed by atoms with Crippen LogP contribution in [0.4, 0.5) is 0 Å². The van der Waals surface area contributed by atoms with Crippen LogP contribution < -0.4 is 4.74 Å². The Bertz CT molecular complexity index is 641. The number of hydrogen-bond donors (Lipinski definition) is 0. The van der Waals surface area contributed by atoms with Crippen LogP contribution in [0, 0.1) is 0 Å². The van der Waals surface area contributed by atoms with Gasteiger partial charge in [-0.25, -0.2) is 0 Å². The molecule has 0 spiro atoms. The number of benzene rings is 1. The summed E-state index contributed by atoms with van der Waals surface area (Å²) in [6.07, 6.45) is 0.685. The Morgan fingerprint density at radius 3 is 2.57 bits per heavy atom. The van der Waals surface area contributed by atoms with Crippen LogP contribution in [0.15, 0.2) is 29.4 Å². The highest BCUT2D eigenvalue weighted by atomic mass is 32.2. The zero-order chi connectivity index (χ0) is 16.7. The van der Waals surface area contributed by atoms with Gasteiger partial charge < -0.3 is 14.0 Å². The van der Waals surface area contributed by atoms with E-state index < -0.39 is 0 Å². The summed E-state index contributed by atoms with van der Waals surface area (Å²) >= 11 is 1.35. The second kappa shape index (κ2) is 8.57. The van der Waals surface area contributed by atoms with Crippen LogP contribution in [-0.4, -0.2) is 40.2 Å². The quantitative estimate of drug-likeness (QED) is 0.545. The number of ether oxygens (including phenoxy) is 2. The highest BCUT2D eigenvalue weighted by molar-refractivity contribution is 7.99. The van der Waals surface area contributed by atoms with Crippen molar-refractivity contribution in [2.24, 2.45) is 0 Å². The lowest BCUT2D eigenvalue weighted by molar-refractivity contribution is -0.139. The molecule has 1 heterocycles. The lowest BCUT2D eigenvalue weighted by Crippen LogP contribution is -2.09. The molecule has 23 heavy (non-hydrogen) atoms. The van der Waals surface area contributed by atoms with Gasteiger partial charge in [-0.05, 0) is 31.5 Å².